The summed E-state index contributed by atoms with van der Waals surface area (Å²) in [5.74, 6) is -1.03. The summed E-state index contributed by atoms with van der Waals surface area (Å²) in [6.07, 6.45) is 6.26. The Morgan fingerprint density at radius 3 is 2.42 bits per heavy atom. The van der Waals surface area contributed by atoms with Gasteiger partial charge in [-0.3, -0.25) is 14.6 Å². The van der Waals surface area contributed by atoms with Crippen molar-refractivity contribution in [3.63, 3.8) is 0 Å². The van der Waals surface area contributed by atoms with E-state index >= 15 is 0 Å². The van der Waals surface area contributed by atoms with Crippen molar-refractivity contribution in [3.8, 4) is 0 Å². The number of hydroxylamine groups is 1. The van der Waals surface area contributed by atoms with Crippen LogP contribution in [0.4, 0.5) is 4.79 Å². The Balaban J connectivity index is 1.68. The van der Waals surface area contributed by atoms with E-state index < -0.39 is 20.5 Å². The number of amides is 2. The summed E-state index contributed by atoms with van der Waals surface area (Å²) in [6.45, 7) is 1.55. The van der Waals surface area contributed by atoms with E-state index in [9.17, 15) is 18.0 Å². The molecule has 166 valence electrons. The second kappa shape index (κ2) is 8.66. The van der Waals surface area contributed by atoms with Crippen LogP contribution in [0.25, 0.3) is 12.2 Å². The van der Waals surface area contributed by atoms with Crippen LogP contribution in [-0.2, 0) is 27.8 Å². The fraction of sp³-hybridized carbons (Fsp3) is 0.333. The Bertz CT molecular complexity index is 1120. The lowest BCUT2D eigenvalue weighted by molar-refractivity contribution is -0.131. The van der Waals surface area contributed by atoms with Gasteiger partial charge in [0, 0.05) is 24.7 Å². The van der Waals surface area contributed by atoms with E-state index in [1.165, 1.54) is 21.9 Å². The lowest BCUT2D eigenvalue weighted by Gasteiger charge is -2.27. The van der Waals surface area contributed by atoms with E-state index in [-0.39, 0.29) is 25.6 Å². The average Bonchev–Trinajstić information content (AvgIpc) is 3.27. The molecule has 2 heterocycles. The number of rotatable bonds is 8. The molecule has 1 aliphatic rings. The Morgan fingerprint density at radius 2 is 1.87 bits per heavy atom. The van der Waals surface area contributed by atoms with E-state index in [2.05, 4.69) is 0 Å². The Labute approximate surface area is 180 Å². The molecule has 1 atom stereocenters. The summed E-state index contributed by atoms with van der Waals surface area (Å²) in [5, 5.41) is 18.0. The van der Waals surface area contributed by atoms with Crippen LogP contribution in [0.2, 0.25) is 0 Å². The number of nitrogens with zero attached hydrogens (tertiary/aromatic N) is 2. The van der Waals surface area contributed by atoms with Crippen molar-refractivity contribution in [2.75, 3.05) is 12.8 Å². The van der Waals surface area contributed by atoms with Gasteiger partial charge in [-0.2, -0.15) is 0 Å². The standard InChI is InChI=1S/C21H25N3O6S/c1-21(19(26)22-28,31(2,29)30)9-10-23-13-18-11-17(12-24(18)20(23)27)8-5-15-3-6-16(14-25)7-4-15/h3-8,11-12,25,28H,9-10,13-14H2,1-2H3,(H,22,26)/t21-/m1/s1. The molecule has 10 heteroatoms. The predicted molar refractivity (Wildman–Crippen MR) is 115 cm³/mol. The molecule has 0 radical (unpaired) electrons. The second-order valence-corrected chi connectivity index (χ2v) is 10.2. The van der Waals surface area contributed by atoms with Gasteiger partial charge >= 0.3 is 6.03 Å². The third-order valence-electron chi connectivity index (χ3n) is 5.64. The number of hydrogen-bond donors (Lipinski definition) is 3. The van der Waals surface area contributed by atoms with Gasteiger partial charge in [-0.05, 0) is 36.1 Å². The molecular formula is C21H25N3O6S. The van der Waals surface area contributed by atoms with Gasteiger partial charge in [0.25, 0.3) is 5.91 Å². The average molecular weight is 448 g/mol. The molecule has 0 spiro atoms. The molecule has 3 rings (SSSR count). The first-order valence-corrected chi connectivity index (χ1v) is 11.5. The SMILES string of the molecule is C[C@@](CCN1Cc2cc(C=Cc3ccc(CO)cc3)cn2C1=O)(C(=O)NO)S(C)(=O)=O. The minimum atomic E-state index is -3.82. The summed E-state index contributed by atoms with van der Waals surface area (Å²) in [5.41, 5.74) is 4.79. The highest BCUT2D eigenvalue weighted by molar-refractivity contribution is 7.92. The zero-order chi connectivity index (χ0) is 22.8. The van der Waals surface area contributed by atoms with Gasteiger partial charge < -0.3 is 10.0 Å². The molecule has 1 aromatic carbocycles. The molecular weight excluding hydrogens is 422 g/mol. The van der Waals surface area contributed by atoms with E-state index in [4.69, 9.17) is 10.3 Å². The number of sulfone groups is 1. The van der Waals surface area contributed by atoms with E-state index in [1.807, 2.05) is 42.5 Å². The number of aromatic nitrogens is 1. The molecule has 0 fully saturated rings. The van der Waals surface area contributed by atoms with E-state index in [0.29, 0.717) is 6.54 Å². The lowest BCUT2D eigenvalue weighted by Crippen LogP contribution is -2.50. The van der Waals surface area contributed by atoms with Crippen LogP contribution in [0.1, 0.15) is 35.7 Å². The summed E-state index contributed by atoms with van der Waals surface area (Å²) < 4.78 is 23.8. The molecule has 0 unspecified atom stereocenters. The van der Waals surface area contributed by atoms with Gasteiger partial charge in [0.15, 0.2) is 14.6 Å². The van der Waals surface area contributed by atoms with Crippen LogP contribution >= 0.6 is 0 Å². The normalized spacial score (nSPS) is 15.9. The third-order valence-corrected chi connectivity index (χ3v) is 7.67. The number of nitrogens with one attached hydrogen (secondary N) is 1. The van der Waals surface area contributed by atoms with Gasteiger partial charge in [0.05, 0.1) is 13.2 Å². The zero-order valence-electron chi connectivity index (χ0n) is 17.3. The minimum Gasteiger partial charge on any atom is -0.392 e. The Hall–Kier alpha value is -2.95. The maximum absolute atomic E-state index is 12.7. The number of aliphatic hydroxyl groups is 1. The molecule has 2 aromatic rings. The highest BCUT2D eigenvalue weighted by Crippen LogP contribution is 2.26. The zero-order valence-corrected chi connectivity index (χ0v) is 18.1. The van der Waals surface area contributed by atoms with Crippen molar-refractivity contribution in [1.82, 2.24) is 14.9 Å². The van der Waals surface area contributed by atoms with Crippen molar-refractivity contribution >= 4 is 33.9 Å². The molecule has 9 nitrogen and oxygen atoms in total. The monoisotopic (exact) mass is 447 g/mol. The largest absolute Gasteiger partial charge is 0.392 e. The highest BCUT2D eigenvalue weighted by Gasteiger charge is 2.44. The molecule has 0 bridgehead atoms. The molecule has 2 amide bonds. The summed E-state index contributed by atoms with van der Waals surface area (Å²) in [7, 11) is -3.82. The number of hydrogen-bond acceptors (Lipinski definition) is 6. The van der Waals surface area contributed by atoms with Gasteiger partial charge in [-0.15, -0.1) is 0 Å². The number of aliphatic hydroxyl groups excluding tert-OH is 1. The number of carbonyl (C=O) groups excluding carboxylic acids is 2. The number of carbonyl (C=O) groups is 2. The fourth-order valence-electron chi connectivity index (χ4n) is 3.37. The van der Waals surface area contributed by atoms with Crippen molar-refractivity contribution in [2.45, 2.75) is 31.2 Å². The van der Waals surface area contributed by atoms with E-state index in [0.717, 1.165) is 28.6 Å². The van der Waals surface area contributed by atoms with Crippen LogP contribution in [0, 0.1) is 0 Å². The molecule has 1 aliphatic heterocycles. The maximum atomic E-state index is 12.7. The van der Waals surface area contributed by atoms with Gasteiger partial charge in [-0.25, -0.2) is 18.7 Å². The fourth-order valence-corrected chi connectivity index (χ4v) is 4.22. The Kier molecular flexibility index (Phi) is 6.35. The third kappa shape index (κ3) is 4.55. The first kappa shape index (κ1) is 22.7. The van der Waals surface area contributed by atoms with Crippen LogP contribution in [0.15, 0.2) is 36.5 Å². The van der Waals surface area contributed by atoms with Crippen LogP contribution in [-0.4, -0.2) is 57.7 Å². The van der Waals surface area contributed by atoms with Crippen LogP contribution in [0.5, 0.6) is 0 Å². The first-order valence-electron chi connectivity index (χ1n) is 9.61. The molecule has 0 saturated carbocycles. The van der Waals surface area contributed by atoms with Gasteiger partial charge in [0.1, 0.15) is 0 Å². The van der Waals surface area contributed by atoms with Crippen LogP contribution < -0.4 is 5.48 Å². The molecule has 0 aliphatic carbocycles. The minimum absolute atomic E-state index is 0.0111. The smallest absolute Gasteiger partial charge is 0.328 e. The Morgan fingerprint density at radius 1 is 1.23 bits per heavy atom. The van der Waals surface area contributed by atoms with Crippen LogP contribution in [0.3, 0.4) is 0 Å². The predicted octanol–water partition coefficient (Wildman–Crippen LogP) is 1.63. The van der Waals surface area contributed by atoms with Crippen molar-refractivity contribution in [1.29, 1.82) is 0 Å². The molecule has 31 heavy (non-hydrogen) atoms. The number of benzene rings is 1. The maximum Gasteiger partial charge on any atom is 0.328 e. The topological polar surface area (TPSA) is 129 Å². The summed E-state index contributed by atoms with van der Waals surface area (Å²) in [6, 6.07) is 9.01. The lowest BCUT2D eigenvalue weighted by atomic mass is 10.1. The molecule has 1 aromatic heterocycles. The summed E-state index contributed by atoms with van der Waals surface area (Å²) >= 11 is 0. The molecule has 3 N–H and O–H groups in total. The van der Waals surface area contributed by atoms with Crippen molar-refractivity contribution in [3.05, 3.63) is 58.9 Å². The molecule has 0 saturated heterocycles. The van der Waals surface area contributed by atoms with Crippen molar-refractivity contribution < 1.29 is 28.3 Å². The first-order chi connectivity index (χ1) is 14.6. The highest BCUT2D eigenvalue weighted by atomic mass is 32.2. The summed E-state index contributed by atoms with van der Waals surface area (Å²) in [4.78, 5) is 26.1. The number of fused-ring (bicyclic) bond motifs is 1. The van der Waals surface area contributed by atoms with Crippen molar-refractivity contribution in [2.24, 2.45) is 0 Å². The second-order valence-electron chi connectivity index (χ2n) is 7.77. The van der Waals surface area contributed by atoms with E-state index in [1.54, 1.807) is 6.20 Å². The van der Waals surface area contributed by atoms with Gasteiger partial charge in [-0.1, -0.05) is 36.4 Å². The quantitative estimate of drug-likeness (QED) is 0.417. The van der Waals surface area contributed by atoms with Gasteiger partial charge in [0.2, 0.25) is 0 Å².